The van der Waals surface area contributed by atoms with E-state index in [2.05, 4.69) is 5.32 Å². The van der Waals surface area contributed by atoms with Crippen LogP contribution in [0, 0.1) is 6.92 Å². The Hall–Kier alpha value is -1.60. The van der Waals surface area contributed by atoms with E-state index >= 15 is 0 Å². The number of nitrogens with zero attached hydrogens (tertiary/aromatic N) is 1. The Labute approximate surface area is 133 Å². The highest BCUT2D eigenvalue weighted by molar-refractivity contribution is 5.92. The van der Waals surface area contributed by atoms with Gasteiger partial charge in [0.15, 0.2) is 5.60 Å². The number of carbonyl (C=O) groups excluding carboxylic acids is 1. The molecule has 1 aromatic carbocycles. The topological polar surface area (TPSA) is 41.6 Å². The lowest BCUT2D eigenvalue weighted by Gasteiger charge is -2.41. The fraction of sp³-hybridized carbons (Fsp3) is 0.562. The van der Waals surface area contributed by atoms with Gasteiger partial charge in [-0.1, -0.05) is 17.7 Å². The third kappa shape index (κ3) is 4.23. The third-order valence-corrected chi connectivity index (χ3v) is 4.27. The van der Waals surface area contributed by atoms with Crippen molar-refractivity contribution in [2.75, 3.05) is 32.1 Å². The summed E-state index contributed by atoms with van der Waals surface area (Å²) in [5, 5.41) is 2.75. The summed E-state index contributed by atoms with van der Waals surface area (Å²) in [5.41, 5.74) is -0.321. The number of hydrogen-bond donors (Lipinski definition) is 1. The molecule has 0 unspecified atom stereocenters. The molecule has 0 bridgehead atoms. The third-order valence-electron chi connectivity index (χ3n) is 4.27. The molecule has 0 radical (unpaired) electrons. The number of hydrogen-bond acceptors (Lipinski definition) is 3. The summed E-state index contributed by atoms with van der Waals surface area (Å²) in [6.45, 7) is 2.37. The van der Waals surface area contributed by atoms with E-state index in [-0.39, 0.29) is 38.4 Å². The molecule has 1 amide bonds. The molecule has 23 heavy (non-hydrogen) atoms. The number of ether oxygens (including phenoxy) is 1. The number of aryl methyl sites for hydroxylation is 1. The Bertz CT molecular complexity index is 535. The van der Waals surface area contributed by atoms with E-state index in [0.29, 0.717) is 5.69 Å². The molecular weight excluding hydrogens is 309 g/mol. The van der Waals surface area contributed by atoms with Crippen LogP contribution < -0.4 is 5.32 Å². The quantitative estimate of drug-likeness (QED) is 0.923. The van der Waals surface area contributed by atoms with E-state index in [1.165, 1.54) is 0 Å². The lowest BCUT2D eigenvalue weighted by Crippen LogP contribution is -2.55. The number of anilines is 1. The lowest BCUT2D eigenvalue weighted by molar-refractivity contribution is -0.282. The van der Waals surface area contributed by atoms with Crippen molar-refractivity contribution < 1.29 is 22.7 Å². The van der Waals surface area contributed by atoms with Crippen LogP contribution in [0.1, 0.15) is 18.4 Å². The van der Waals surface area contributed by atoms with E-state index < -0.39 is 11.8 Å². The van der Waals surface area contributed by atoms with Gasteiger partial charge in [0.2, 0.25) is 5.91 Å². The molecule has 1 fully saturated rings. The van der Waals surface area contributed by atoms with E-state index in [4.69, 9.17) is 4.74 Å². The maximum Gasteiger partial charge on any atom is 0.417 e. The number of benzene rings is 1. The summed E-state index contributed by atoms with van der Waals surface area (Å²) in [4.78, 5) is 13.7. The van der Waals surface area contributed by atoms with Crippen LogP contribution in [-0.4, -0.2) is 49.3 Å². The van der Waals surface area contributed by atoms with Crippen LogP contribution in [0.5, 0.6) is 0 Å². The molecule has 0 atom stereocenters. The first-order valence-electron chi connectivity index (χ1n) is 7.46. The first-order chi connectivity index (χ1) is 10.8. The van der Waals surface area contributed by atoms with Gasteiger partial charge < -0.3 is 10.1 Å². The predicted molar refractivity (Wildman–Crippen MR) is 81.3 cm³/mol. The fourth-order valence-electron chi connectivity index (χ4n) is 2.72. The van der Waals surface area contributed by atoms with Gasteiger partial charge in [-0.3, -0.25) is 9.69 Å². The number of likely N-dealkylation sites (tertiary alicyclic amines) is 1. The van der Waals surface area contributed by atoms with Crippen LogP contribution >= 0.6 is 0 Å². The fourth-order valence-corrected chi connectivity index (χ4v) is 2.72. The highest BCUT2D eigenvalue weighted by atomic mass is 19.4. The number of rotatable bonds is 4. The first kappa shape index (κ1) is 17.7. The van der Waals surface area contributed by atoms with Crippen LogP contribution in [0.3, 0.4) is 0 Å². The van der Waals surface area contributed by atoms with Gasteiger partial charge in [0, 0.05) is 25.9 Å². The summed E-state index contributed by atoms with van der Waals surface area (Å²) in [6.07, 6.45) is -4.71. The molecule has 2 rings (SSSR count). The average molecular weight is 330 g/mol. The van der Waals surface area contributed by atoms with Crippen LogP contribution in [0.25, 0.3) is 0 Å². The van der Waals surface area contributed by atoms with Crippen LogP contribution in [0.4, 0.5) is 18.9 Å². The zero-order valence-corrected chi connectivity index (χ0v) is 13.2. The Kier molecular flexibility index (Phi) is 5.31. The standard InChI is InChI=1S/C16H21F3N2O2/c1-12-3-5-13(6-4-12)20-14(22)11-21-9-7-15(23-2,8-10-21)16(17,18)19/h3-6H,7-11H2,1-2H3,(H,20,22). The molecule has 0 spiro atoms. The SMILES string of the molecule is COC1(C(F)(F)F)CCN(CC(=O)Nc2ccc(C)cc2)CC1. The molecule has 128 valence electrons. The smallest absolute Gasteiger partial charge is 0.369 e. The minimum Gasteiger partial charge on any atom is -0.369 e. The predicted octanol–water partition coefficient (Wildman–Crippen LogP) is 2.98. The normalized spacial score (nSPS) is 18.7. The van der Waals surface area contributed by atoms with Crippen molar-refractivity contribution in [1.29, 1.82) is 0 Å². The second-order valence-corrected chi connectivity index (χ2v) is 5.89. The van der Waals surface area contributed by atoms with Crippen molar-refractivity contribution in [2.24, 2.45) is 0 Å². The highest BCUT2D eigenvalue weighted by Gasteiger charge is 2.56. The van der Waals surface area contributed by atoms with E-state index in [1.807, 2.05) is 19.1 Å². The van der Waals surface area contributed by atoms with Gasteiger partial charge in [0.25, 0.3) is 0 Å². The van der Waals surface area contributed by atoms with Gasteiger partial charge in [-0.05, 0) is 31.9 Å². The molecule has 0 aromatic heterocycles. The Balaban J connectivity index is 1.86. The van der Waals surface area contributed by atoms with Crippen LogP contribution in [0.15, 0.2) is 24.3 Å². The van der Waals surface area contributed by atoms with Gasteiger partial charge in [-0.15, -0.1) is 0 Å². The maximum absolute atomic E-state index is 13.1. The highest BCUT2D eigenvalue weighted by Crippen LogP contribution is 2.41. The number of amides is 1. The van der Waals surface area contributed by atoms with Crippen molar-refractivity contribution in [1.82, 2.24) is 4.90 Å². The number of alkyl halides is 3. The van der Waals surface area contributed by atoms with Crippen molar-refractivity contribution in [2.45, 2.75) is 31.5 Å². The summed E-state index contributed by atoms with van der Waals surface area (Å²) in [5.74, 6) is -0.231. The Morgan fingerprint density at radius 2 is 1.83 bits per heavy atom. The number of piperidine rings is 1. The molecular formula is C16H21F3N2O2. The molecule has 1 aliphatic heterocycles. The number of nitrogens with one attached hydrogen (secondary N) is 1. The second-order valence-electron chi connectivity index (χ2n) is 5.89. The maximum atomic E-state index is 13.1. The molecule has 1 heterocycles. The minimum absolute atomic E-state index is 0.0749. The largest absolute Gasteiger partial charge is 0.417 e. The van der Waals surface area contributed by atoms with Crippen molar-refractivity contribution in [3.63, 3.8) is 0 Å². The molecule has 0 aliphatic carbocycles. The van der Waals surface area contributed by atoms with Gasteiger partial charge in [-0.25, -0.2) is 0 Å². The van der Waals surface area contributed by atoms with Crippen LogP contribution in [0.2, 0.25) is 0 Å². The second kappa shape index (κ2) is 6.88. The van der Waals surface area contributed by atoms with E-state index in [1.54, 1.807) is 17.0 Å². The zero-order valence-electron chi connectivity index (χ0n) is 13.2. The molecule has 7 heteroatoms. The molecule has 4 nitrogen and oxygen atoms in total. The first-order valence-corrected chi connectivity index (χ1v) is 7.46. The van der Waals surface area contributed by atoms with E-state index in [9.17, 15) is 18.0 Å². The van der Waals surface area contributed by atoms with E-state index in [0.717, 1.165) is 12.7 Å². The molecule has 0 saturated carbocycles. The van der Waals surface area contributed by atoms with Crippen molar-refractivity contribution in [3.8, 4) is 0 Å². The van der Waals surface area contributed by atoms with Gasteiger partial charge in [-0.2, -0.15) is 13.2 Å². The number of methoxy groups -OCH3 is 1. The lowest BCUT2D eigenvalue weighted by atomic mass is 9.90. The summed E-state index contributed by atoms with van der Waals surface area (Å²) in [6, 6.07) is 7.35. The Morgan fingerprint density at radius 3 is 2.30 bits per heavy atom. The Morgan fingerprint density at radius 1 is 1.26 bits per heavy atom. The number of halogens is 3. The van der Waals surface area contributed by atoms with Gasteiger partial charge in [0.1, 0.15) is 0 Å². The number of carbonyl (C=O) groups is 1. The van der Waals surface area contributed by atoms with Gasteiger partial charge >= 0.3 is 6.18 Å². The summed E-state index contributed by atoms with van der Waals surface area (Å²) < 4.78 is 44.0. The summed E-state index contributed by atoms with van der Waals surface area (Å²) >= 11 is 0. The summed E-state index contributed by atoms with van der Waals surface area (Å²) in [7, 11) is 1.09. The minimum atomic E-state index is -4.39. The van der Waals surface area contributed by atoms with Gasteiger partial charge in [0.05, 0.1) is 6.54 Å². The molecule has 1 aliphatic rings. The molecule has 1 saturated heterocycles. The van der Waals surface area contributed by atoms with Crippen molar-refractivity contribution >= 4 is 11.6 Å². The molecule has 1 aromatic rings. The molecule has 1 N–H and O–H groups in total. The van der Waals surface area contributed by atoms with Crippen molar-refractivity contribution in [3.05, 3.63) is 29.8 Å². The van der Waals surface area contributed by atoms with Crippen LogP contribution in [-0.2, 0) is 9.53 Å². The average Bonchev–Trinajstić information content (AvgIpc) is 2.49. The monoisotopic (exact) mass is 330 g/mol. The zero-order chi connectivity index (χ0) is 17.1.